The highest BCUT2D eigenvalue weighted by Crippen LogP contribution is 2.34. The predicted molar refractivity (Wildman–Crippen MR) is 169 cm³/mol. The molecule has 5 aromatic rings. The Kier molecular flexibility index (Phi) is 7.97. The van der Waals surface area contributed by atoms with E-state index in [1.54, 1.807) is 0 Å². The summed E-state index contributed by atoms with van der Waals surface area (Å²) in [7, 11) is 0. The molecule has 1 aliphatic heterocycles. The van der Waals surface area contributed by atoms with E-state index in [-0.39, 0.29) is 5.91 Å². The minimum absolute atomic E-state index is 0.212. The normalized spacial score (nSPS) is 14.0. The van der Waals surface area contributed by atoms with Crippen LogP contribution in [0.25, 0.3) is 23.0 Å². The monoisotopic (exact) mass is 572 g/mol. The quantitative estimate of drug-likeness (QED) is 0.132. The maximum absolute atomic E-state index is 13.9. The topological polar surface area (TPSA) is 59.7 Å². The van der Waals surface area contributed by atoms with Gasteiger partial charge in [-0.2, -0.15) is 15.2 Å². The molecule has 0 radical (unpaired) electrons. The summed E-state index contributed by atoms with van der Waals surface area (Å²) in [6, 6.07) is 34.7. The number of benzene rings is 4. The third kappa shape index (κ3) is 5.62. The van der Waals surface area contributed by atoms with Crippen LogP contribution < -0.4 is 9.75 Å². The molecule has 42 heavy (non-hydrogen) atoms. The van der Waals surface area contributed by atoms with E-state index >= 15 is 0 Å². The van der Waals surface area contributed by atoms with Gasteiger partial charge < -0.3 is 4.74 Å². The minimum atomic E-state index is -0.212. The summed E-state index contributed by atoms with van der Waals surface area (Å²) in [6.07, 6.45) is 5.80. The van der Waals surface area contributed by atoms with Crippen LogP contribution >= 0.6 is 11.6 Å². The van der Waals surface area contributed by atoms with Gasteiger partial charge in [0.15, 0.2) is 0 Å². The summed E-state index contributed by atoms with van der Waals surface area (Å²) in [5.74, 6) is 0.426. The van der Waals surface area contributed by atoms with E-state index in [2.05, 4.69) is 6.92 Å². The molecule has 7 heteroatoms. The van der Waals surface area contributed by atoms with E-state index in [1.807, 2.05) is 126 Å². The lowest BCUT2D eigenvalue weighted by atomic mass is 9.99. The first-order valence-corrected chi connectivity index (χ1v) is 14.3. The van der Waals surface area contributed by atoms with Crippen molar-refractivity contribution in [2.24, 2.45) is 5.10 Å². The van der Waals surface area contributed by atoms with Gasteiger partial charge in [0.05, 0.1) is 28.6 Å². The van der Waals surface area contributed by atoms with Crippen LogP contribution in [-0.2, 0) is 4.79 Å². The molecular weight excluding hydrogens is 544 g/mol. The van der Waals surface area contributed by atoms with Crippen LogP contribution in [0.1, 0.15) is 30.9 Å². The molecule has 1 amide bonds. The Hall–Kier alpha value is -4.94. The van der Waals surface area contributed by atoms with E-state index in [4.69, 9.17) is 26.5 Å². The molecule has 0 aliphatic carbocycles. The Morgan fingerprint density at radius 2 is 1.50 bits per heavy atom. The summed E-state index contributed by atoms with van der Waals surface area (Å²) in [6.45, 7) is 2.73. The Balaban J connectivity index is 1.47. The van der Waals surface area contributed by atoms with Crippen molar-refractivity contribution in [1.82, 2.24) is 9.78 Å². The lowest BCUT2D eigenvalue weighted by Gasteiger charge is -2.11. The summed E-state index contributed by atoms with van der Waals surface area (Å²) >= 11 is 6.66. The lowest BCUT2D eigenvalue weighted by molar-refractivity contribution is -0.114. The summed E-state index contributed by atoms with van der Waals surface area (Å²) in [5.41, 5.74) is 5.78. The fourth-order valence-electron chi connectivity index (χ4n) is 4.78. The number of hydrogen-bond acceptors (Lipinski definition) is 4. The maximum Gasteiger partial charge on any atom is 0.281 e. The standard InChI is InChI=1S/C35H29ClN4O2/c1-2-3-21-42-32-20-19-26(23-31(32)36)33-27(24-39(37-33)28-15-9-5-10-16-28)22-30-34(25-13-7-4-8-14-25)38-40(35(30)41)29-17-11-6-12-18-29/h4-20,22-24H,2-3,21H2,1H3. The van der Waals surface area contributed by atoms with Gasteiger partial charge in [-0.1, -0.05) is 91.7 Å². The SMILES string of the molecule is CCCCOc1ccc(-c2nn(-c3ccccc3)cc2C=C2C(=O)N(c3ccccc3)N=C2c2ccccc2)cc1Cl. The molecule has 6 nitrogen and oxygen atoms in total. The maximum atomic E-state index is 13.9. The van der Waals surface area contributed by atoms with Crippen molar-refractivity contribution in [3.63, 3.8) is 0 Å². The average Bonchev–Trinajstić information content (AvgIpc) is 3.61. The zero-order valence-corrected chi connectivity index (χ0v) is 23.9. The Labute approximate surface area is 250 Å². The second-order valence-electron chi connectivity index (χ2n) is 9.89. The highest BCUT2D eigenvalue weighted by atomic mass is 35.5. The first-order chi connectivity index (χ1) is 20.6. The number of hydrogen-bond donors (Lipinski definition) is 0. The molecule has 208 valence electrons. The van der Waals surface area contributed by atoms with Gasteiger partial charge in [-0.25, -0.2) is 4.68 Å². The zero-order valence-electron chi connectivity index (χ0n) is 23.2. The molecule has 0 N–H and O–H groups in total. The third-order valence-electron chi connectivity index (χ3n) is 6.95. The number of anilines is 1. The third-order valence-corrected chi connectivity index (χ3v) is 7.25. The number of carbonyl (C=O) groups excluding carboxylic acids is 1. The Morgan fingerprint density at radius 1 is 0.833 bits per heavy atom. The molecule has 1 aromatic heterocycles. The molecule has 0 bridgehead atoms. The van der Waals surface area contributed by atoms with E-state index in [9.17, 15) is 4.79 Å². The number of aromatic nitrogens is 2. The first kappa shape index (κ1) is 27.2. The first-order valence-electron chi connectivity index (χ1n) is 14.0. The van der Waals surface area contributed by atoms with Gasteiger partial charge in [0, 0.05) is 22.9 Å². The van der Waals surface area contributed by atoms with Gasteiger partial charge >= 0.3 is 0 Å². The van der Waals surface area contributed by atoms with Crippen molar-refractivity contribution in [2.75, 3.05) is 11.6 Å². The van der Waals surface area contributed by atoms with Gasteiger partial charge in [0.2, 0.25) is 0 Å². The molecule has 0 saturated carbocycles. The molecule has 1 aliphatic rings. The summed E-state index contributed by atoms with van der Waals surface area (Å²) in [5, 5.41) is 11.7. The predicted octanol–water partition coefficient (Wildman–Crippen LogP) is 8.21. The van der Waals surface area contributed by atoms with E-state index in [1.165, 1.54) is 5.01 Å². The van der Waals surface area contributed by atoms with Gasteiger partial charge in [-0.15, -0.1) is 0 Å². The summed E-state index contributed by atoms with van der Waals surface area (Å²) < 4.78 is 7.69. The molecule has 0 fully saturated rings. The van der Waals surface area contributed by atoms with Crippen LogP contribution in [0, 0.1) is 0 Å². The summed E-state index contributed by atoms with van der Waals surface area (Å²) in [4.78, 5) is 13.9. The highest BCUT2D eigenvalue weighted by molar-refractivity contribution is 6.37. The van der Waals surface area contributed by atoms with Crippen LogP contribution in [0.5, 0.6) is 5.75 Å². The second-order valence-corrected chi connectivity index (χ2v) is 10.3. The largest absolute Gasteiger partial charge is 0.492 e. The molecule has 0 unspecified atom stereocenters. The van der Waals surface area contributed by atoms with Crippen molar-refractivity contribution in [3.8, 4) is 22.7 Å². The molecule has 4 aromatic carbocycles. The molecule has 6 rings (SSSR count). The van der Waals surface area contributed by atoms with Crippen LogP contribution in [0.3, 0.4) is 0 Å². The van der Waals surface area contributed by atoms with Gasteiger partial charge in [-0.3, -0.25) is 4.79 Å². The van der Waals surface area contributed by atoms with E-state index < -0.39 is 0 Å². The van der Waals surface area contributed by atoms with Crippen molar-refractivity contribution < 1.29 is 9.53 Å². The van der Waals surface area contributed by atoms with Crippen LogP contribution in [0.2, 0.25) is 5.02 Å². The number of halogens is 1. The lowest BCUT2D eigenvalue weighted by Crippen LogP contribution is -2.21. The van der Waals surface area contributed by atoms with Crippen LogP contribution in [0.4, 0.5) is 5.69 Å². The average molecular weight is 573 g/mol. The van der Waals surface area contributed by atoms with Crippen molar-refractivity contribution in [2.45, 2.75) is 19.8 Å². The van der Waals surface area contributed by atoms with E-state index in [0.29, 0.717) is 40.0 Å². The smallest absolute Gasteiger partial charge is 0.281 e. The molecule has 0 spiro atoms. The number of hydrazone groups is 1. The molecule has 2 heterocycles. The van der Waals surface area contributed by atoms with Crippen LogP contribution in [0.15, 0.2) is 126 Å². The number of unbranched alkanes of at least 4 members (excludes halogenated alkanes) is 1. The van der Waals surface area contributed by atoms with Crippen molar-refractivity contribution in [3.05, 3.63) is 137 Å². The number of rotatable bonds is 9. The Morgan fingerprint density at radius 3 is 2.17 bits per heavy atom. The minimum Gasteiger partial charge on any atom is -0.492 e. The highest BCUT2D eigenvalue weighted by Gasteiger charge is 2.32. The van der Waals surface area contributed by atoms with Crippen molar-refractivity contribution >= 4 is 35.0 Å². The molecule has 0 saturated heterocycles. The van der Waals surface area contributed by atoms with Gasteiger partial charge in [0.25, 0.3) is 5.91 Å². The van der Waals surface area contributed by atoms with Crippen LogP contribution in [-0.4, -0.2) is 28.0 Å². The molecular formula is C35H29ClN4O2. The zero-order chi connectivity index (χ0) is 28.9. The van der Waals surface area contributed by atoms with Gasteiger partial charge in [-0.05, 0) is 55.0 Å². The second kappa shape index (κ2) is 12.3. The Bertz CT molecular complexity index is 1760. The number of amides is 1. The fourth-order valence-corrected chi connectivity index (χ4v) is 5.01. The number of para-hydroxylation sites is 2. The van der Waals surface area contributed by atoms with Crippen molar-refractivity contribution in [1.29, 1.82) is 0 Å². The van der Waals surface area contributed by atoms with E-state index in [0.717, 1.165) is 35.2 Å². The fraction of sp³-hybridized carbons (Fsp3) is 0.114. The number of ether oxygens (including phenoxy) is 1. The number of carbonyl (C=O) groups is 1. The number of nitrogens with zero attached hydrogens (tertiary/aromatic N) is 4. The molecule has 0 atom stereocenters. The van der Waals surface area contributed by atoms with Gasteiger partial charge in [0.1, 0.15) is 17.2 Å².